The molecular formula is C15H18N2O. The van der Waals surface area contributed by atoms with E-state index in [1.165, 1.54) is 0 Å². The predicted molar refractivity (Wildman–Crippen MR) is 74.1 cm³/mol. The smallest absolute Gasteiger partial charge is 0.0887 e. The van der Waals surface area contributed by atoms with E-state index >= 15 is 0 Å². The van der Waals surface area contributed by atoms with Gasteiger partial charge in [-0.1, -0.05) is 18.2 Å². The van der Waals surface area contributed by atoms with Crippen molar-refractivity contribution in [2.75, 3.05) is 12.4 Å². The normalized spacial score (nSPS) is 10.4. The van der Waals surface area contributed by atoms with Crippen LogP contribution in [-0.2, 0) is 11.3 Å². The molecule has 2 aromatic rings. The topological polar surface area (TPSA) is 34.1 Å². The summed E-state index contributed by atoms with van der Waals surface area (Å²) >= 11 is 0. The molecule has 94 valence electrons. The number of aromatic nitrogens is 1. The Kier molecular flexibility index (Phi) is 3.95. The van der Waals surface area contributed by atoms with E-state index in [0.717, 1.165) is 28.2 Å². The summed E-state index contributed by atoms with van der Waals surface area (Å²) < 4.78 is 5.16. The van der Waals surface area contributed by atoms with Crippen molar-refractivity contribution in [3.8, 4) is 0 Å². The molecule has 2 rings (SSSR count). The van der Waals surface area contributed by atoms with Crippen LogP contribution in [0.1, 0.15) is 16.8 Å². The number of nitrogens with zero attached hydrogens (tertiary/aromatic N) is 1. The van der Waals surface area contributed by atoms with Gasteiger partial charge in [0.25, 0.3) is 0 Å². The van der Waals surface area contributed by atoms with E-state index in [0.29, 0.717) is 6.61 Å². The summed E-state index contributed by atoms with van der Waals surface area (Å²) in [5.74, 6) is 0. The third-order valence-corrected chi connectivity index (χ3v) is 2.94. The first-order chi connectivity index (χ1) is 8.72. The Bertz CT molecular complexity index is 524. The minimum Gasteiger partial charge on any atom is -0.378 e. The van der Waals surface area contributed by atoms with Gasteiger partial charge in [-0.05, 0) is 37.1 Å². The largest absolute Gasteiger partial charge is 0.378 e. The van der Waals surface area contributed by atoms with Crippen molar-refractivity contribution in [1.29, 1.82) is 0 Å². The molecule has 0 aliphatic carbocycles. The average Bonchev–Trinajstić information content (AvgIpc) is 2.39. The Morgan fingerprint density at radius 1 is 1.17 bits per heavy atom. The number of aryl methyl sites for hydroxylation is 1. The van der Waals surface area contributed by atoms with Gasteiger partial charge >= 0.3 is 0 Å². The highest BCUT2D eigenvalue weighted by Gasteiger charge is 2.08. The molecular weight excluding hydrogens is 224 g/mol. The Labute approximate surface area is 108 Å². The number of methoxy groups -OCH3 is 1. The van der Waals surface area contributed by atoms with Crippen LogP contribution in [0.15, 0.2) is 36.5 Å². The molecule has 0 atom stereocenters. The van der Waals surface area contributed by atoms with E-state index in [4.69, 9.17) is 4.74 Å². The number of benzene rings is 1. The van der Waals surface area contributed by atoms with E-state index in [-0.39, 0.29) is 0 Å². The maximum absolute atomic E-state index is 5.16. The van der Waals surface area contributed by atoms with Gasteiger partial charge in [0.2, 0.25) is 0 Å². The lowest BCUT2D eigenvalue weighted by Gasteiger charge is -2.15. The lowest BCUT2D eigenvalue weighted by atomic mass is 10.1. The highest BCUT2D eigenvalue weighted by molar-refractivity contribution is 5.66. The van der Waals surface area contributed by atoms with Crippen molar-refractivity contribution in [1.82, 2.24) is 4.98 Å². The fourth-order valence-corrected chi connectivity index (χ4v) is 1.92. The van der Waals surface area contributed by atoms with Gasteiger partial charge in [0.05, 0.1) is 12.3 Å². The molecule has 0 aliphatic heterocycles. The molecule has 0 spiro atoms. The zero-order valence-corrected chi connectivity index (χ0v) is 11.0. The lowest BCUT2D eigenvalue weighted by Crippen LogP contribution is -2.03. The molecule has 3 nitrogen and oxygen atoms in total. The molecule has 3 heteroatoms. The number of rotatable bonds is 4. The molecule has 0 saturated heterocycles. The van der Waals surface area contributed by atoms with Gasteiger partial charge in [-0.15, -0.1) is 0 Å². The summed E-state index contributed by atoms with van der Waals surface area (Å²) in [6, 6.07) is 10.1. The molecule has 0 fully saturated rings. The van der Waals surface area contributed by atoms with E-state index in [9.17, 15) is 0 Å². The Balaban J connectivity index is 2.34. The first-order valence-electron chi connectivity index (χ1n) is 5.98. The fraction of sp³-hybridized carbons (Fsp3) is 0.267. The number of hydrogen-bond acceptors (Lipinski definition) is 3. The molecule has 1 aromatic carbocycles. The van der Waals surface area contributed by atoms with Gasteiger partial charge < -0.3 is 10.1 Å². The van der Waals surface area contributed by atoms with Crippen LogP contribution >= 0.6 is 0 Å². The Morgan fingerprint density at radius 3 is 2.56 bits per heavy atom. The second kappa shape index (κ2) is 5.65. The van der Waals surface area contributed by atoms with Crippen LogP contribution in [0.3, 0.4) is 0 Å². The van der Waals surface area contributed by atoms with Gasteiger partial charge in [0.1, 0.15) is 0 Å². The average molecular weight is 242 g/mol. The van der Waals surface area contributed by atoms with Crippen LogP contribution in [0.4, 0.5) is 11.4 Å². The molecule has 18 heavy (non-hydrogen) atoms. The summed E-state index contributed by atoms with van der Waals surface area (Å²) in [6.07, 6.45) is 1.88. The van der Waals surface area contributed by atoms with Crippen LogP contribution in [0.25, 0.3) is 0 Å². The van der Waals surface area contributed by atoms with Crippen LogP contribution in [0, 0.1) is 13.8 Å². The number of anilines is 2. The molecule has 1 aromatic heterocycles. The third kappa shape index (κ3) is 2.68. The van der Waals surface area contributed by atoms with Gasteiger partial charge in [-0.3, -0.25) is 4.98 Å². The van der Waals surface area contributed by atoms with E-state index in [1.54, 1.807) is 7.11 Å². The standard InChI is InChI=1S/C15H18N2O/c1-11-9-16-14(10-18-3)12(2)15(11)17-13-7-5-4-6-8-13/h4-9H,10H2,1-3H3,(H,16,17). The molecule has 0 bridgehead atoms. The number of para-hydroxylation sites is 1. The van der Waals surface area contributed by atoms with Crippen molar-refractivity contribution in [3.05, 3.63) is 53.3 Å². The van der Waals surface area contributed by atoms with Crippen molar-refractivity contribution in [2.24, 2.45) is 0 Å². The summed E-state index contributed by atoms with van der Waals surface area (Å²) in [7, 11) is 1.69. The summed E-state index contributed by atoms with van der Waals surface area (Å²) in [4.78, 5) is 4.40. The quantitative estimate of drug-likeness (QED) is 0.889. The van der Waals surface area contributed by atoms with Gasteiger partial charge in [0.15, 0.2) is 0 Å². The van der Waals surface area contributed by atoms with Crippen LogP contribution in [0.5, 0.6) is 0 Å². The third-order valence-electron chi connectivity index (χ3n) is 2.94. The summed E-state index contributed by atoms with van der Waals surface area (Å²) in [5, 5.41) is 3.44. The molecule has 0 amide bonds. The lowest BCUT2D eigenvalue weighted by molar-refractivity contribution is 0.181. The van der Waals surface area contributed by atoms with Crippen LogP contribution in [0.2, 0.25) is 0 Å². The van der Waals surface area contributed by atoms with E-state index < -0.39 is 0 Å². The number of pyridine rings is 1. The minimum absolute atomic E-state index is 0.537. The fourth-order valence-electron chi connectivity index (χ4n) is 1.92. The van der Waals surface area contributed by atoms with Gasteiger partial charge in [-0.2, -0.15) is 0 Å². The number of hydrogen-bond donors (Lipinski definition) is 1. The summed E-state index contributed by atoms with van der Waals surface area (Å²) in [5.41, 5.74) is 5.44. The molecule has 0 aliphatic rings. The second-order valence-corrected chi connectivity index (χ2v) is 4.31. The maximum atomic E-state index is 5.16. The Hall–Kier alpha value is -1.87. The van der Waals surface area contributed by atoms with Crippen molar-refractivity contribution < 1.29 is 4.74 Å². The first kappa shape index (κ1) is 12.6. The van der Waals surface area contributed by atoms with Crippen LogP contribution < -0.4 is 5.32 Å². The minimum atomic E-state index is 0.537. The van der Waals surface area contributed by atoms with Crippen molar-refractivity contribution >= 4 is 11.4 Å². The van der Waals surface area contributed by atoms with Gasteiger partial charge in [-0.25, -0.2) is 0 Å². The van der Waals surface area contributed by atoms with Crippen LogP contribution in [-0.4, -0.2) is 12.1 Å². The molecule has 0 saturated carbocycles. The van der Waals surface area contributed by atoms with E-state index in [1.807, 2.05) is 24.4 Å². The van der Waals surface area contributed by atoms with E-state index in [2.05, 4.69) is 36.3 Å². The van der Waals surface area contributed by atoms with Gasteiger partial charge in [0, 0.05) is 24.7 Å². The molecule has 1 heterocycles. The Morgan fingerprint density at radius 2 is 1.89 bits per heavy atom. The maximum Gasteiger partial charge on any atom is 0.0887 e. The first-order valence-corrected chi connectivity index (χ1v) is 5.98. The number of nitrogens with one attached hydrogen (secondary N) is 1. The molecule has 0 radical (unpaired) electrons. The highest BCUT2D eigenvalue weighted by Crippen LogP contribution is 2.25. The zero-order chi connectivity index (χ0) is 13.0. The zero-order valence-electron chi connectivity index (χ0n) is 11.0. The number of ether oxygens (including phenoxy) is 1. The highest BCUT2D eigenvalue weighted by atomic mass is 16.5. The molecule has 1 N–H and O–H groups in total. The second-order valence-electron chi connectivity index (χ2n) is 4.31. The van der Waals surface area contributed by atoms with Crippen molar-refractivity contribution in [2.45, 2.75) is 20.5 Å². The summed E-state index contributed by atoms with van der Waals surface area (Å²) in [6.45, 7) is 4.66. The monoisotopic (exact) mass is 242 g/mol. The molecule has 0 unspecified atom stereocenters. The SMILES string of the molecule is COCc1ncc(C)c(Nc2ccccc2)c1C. The van der Waals surface area contributed by atoms with Crippen molar-refractivity contribution in [3.63, 3.8) is 0 Å². The predicted octanol–water partition coefficient (Wildman–Crippen LogP) is 3.59.